The molecule has 0 radical (unpaired) electrons. The number of piperidine rings is 1. The molecule has 1 aromatic heterocycles. The van der Waals surface area contributed by atoms with Crippen LogP contribution in [0.1, 0.15) is 22.5 Å². The minimum Gasteiger partial charge on any atom is -0.383 e. The predicted octanol–water partition coefficient (Wildman–Crippen LogP) is 2.38. The molecule has 1 N–H and O–H groups in total. The van der Waals surface area contributed by atoms with Crippen LogP contribution in [0.4, 0.5) is 0 Å². The quantitative estimate of drug-likeness (QED) is 0.898. The smallest absolute Gasteiger partial charge is 0.270 e. The number of H-pyrrole nitrogens is 1. The van der Waals surface area contributed by atoms with E-state index in [1.807, 2.05) is 23.2 Å². The highest BCUT2D eigenvalue weighted by molar-refractivity contribution is 5.92. The Bertz CT molecular complexity index is 731. The van der Waals surface area contributed by atoms with Crippen LogP contribution >= 0.6 is 0 Å². The minimum atomic E-state index is 0.118. The Labute approximate surface area is 154 Å². The third-order valence-electron chi connectivity index (χ3n) is 6.11. The van der Waals surface area contributed by atoms with E-state index in [1.165, 1.54) is 5.56 Å². The molecule has 2 aliphatic heterocycles. The largest absolute Gasteiger partial charge is 0.383 e. The highest BCUT2D eigenvalue weighted by atomic mass is 16.5. The fraction of sp³-hybridized carbons (Fsp3) is 0.476. The summed E-state index contributed by atoms with van der Waals surface area (Å²) < 4.78 is 5.29. The van der Waals surface area contributed by atoms with Crippen molar-refractivity contribution in [1.29, 1.82) is 0 Å². The number of amides is 1. The van der Waals surface area contributed by atoms with Crippen LogP contribution in [0.25, 0.3) is 0 Å². The van der Waals surface area contributed by atoms with Gasteiger partial charge in [0.05, 0.1) is 6.61 Å². The minimum absolute atomic E-state index is 0.118. The first-order chi connectivity index (χ1) is 12.7. The van der Waals surface area contributed by atoms with Gasteiger partial charge in [-0.3, -0.25) is 9.69 Å². The molecule has 1 amide bonds. The van der Waals surface area contributed by atoms with Crippen molar-refractivity contribution in [3.8, 4) is 0 Å². The van der Waals surface area contributed by atoms with Crippen molar-refractivity contribution in [1.82, 2.24) is 14.8 Å². The molecule has 2 fully saturated rings. The number of hydrogen-bond donors (Lipinski definition) is 1. The van der Waals surface area contributed by atoms with Gasteiger partial charge in [0.15, 0.2) is 0 Å². The molecule has 0 bridgehead atoms. The van der Waals surface area contributed by atoms with E-state index in [0.717, 1.165) is 45.8 Å². The van der Waals surface area contributed by atoms with Crippen molar-refractivity contribution in [3.05, 3.63) is 59.9 Å². The van der Waals surface area contributed by atoms with Crippen LogP contribution in [0, 0.1) is 5.92 Å². The zero-order chi connectivity index (χ0) is 18.0. The number of aromatic nitrogens is 1. The number of hydrogen-bond acceptors (Lipinski definition) is 3. The first kappa shape index (κ1) is 17.3. The number of aromatic amines is 1. The SMILES string of the molecule is COCCN1C[C@H]2CN(C(=O)c3ccc[nH]3)CC[C@@]2(c2ccccc2)C1. The van der Waals surface area contributed by atoms with Gasteiger partial charge in [-0.15, -0.1) is 0 Å². The predicted molar refractivity (Wildman–Crippen MR) is 101 cm³/mol. The third-order valence-corrected chi connectivity index (χ3v) is 6.11. The van der Waals surface area contributed by atoms with Gasteiger partial charge in [-0.2, -0.15) is 0 Å². The van der Waals surface area contributed by atoms with Gasteiger partial charge >= 0.3 is 0 Å². The van der Waals surface area contributed by atoms with Gasteiger partial charge in [-0.1, -0.05) is 30.3 Å². The first-order valence-corrected chi connectivity index (χ1v) is 9.42. The Morgan fingerprint density at radius 3 is 2.81 bits per heavy atom. The summed E-state index contributed by atoms with van der Waals surface area (Å²) in [6, 6.07) is 14.6. The van der Waals surface area contributed by atoms with Crippen molar-refractivity contribution < 1.29 is 9.53 Å². The van der Waals surface area contributed by atoms with E-state index < -0.39 is 0 Å². The fourth-order valence-electron chi connectivity index (χ4n) is 4.74. The van der Waals surface area contributed by atoms with Gasteiger partial charge in [-0.25, -0.2) is 0 Å². The average molecular weight is 353 g/mol. The number of fused-ring (bicyclic) bond motifs is 1. The van der Waals surface area contributed by atoms with E-state index in [2.05, 4.69) is 40.2 Å². The molecule has 0 aliphatic carbocycles. The summed E-state index contributed by atoms with van der Waals surface area (Å²) in [5.74, 6) is 0.571. The van der Waals surface area contributed by atoms with Crippen molar-refractivity contribution in [2.75, 3.05) is 46.4 Å². The number of likely N-dealkylation sites (tertiary alicyclic amines) is 2. The van der Waals surface area contributed by atoms with E-state index in [-0.39, 0.29) is 11.3 Å². The molecule has 2 aliphatic rings. The van der Waals surface area contributed by atoms with Crippen LogP contribution in [-0.4, -0.2) is 67.1 Å². The number of nitrogens with one attached hydrogen (secondary N) is 1. The molecule has 5 nitrogen and oxygen atoms in total. The van der Waals surface area contributed by atoms with Gasteiger partial charge in [0.25, 0.3) is 5.91 Å². The van der Waals surface area contributed by atoms with E-state index >= 15 is 0 Å². The van der Waals surface area contributed by atoms with Gasteiger partial charge in [0.1, 0.15) is 5.69 Å². The summed E-state index contributed by atoms with van der Waals surface area (Å²) in [5, 5.41) is 0. The zero-order valence-electron chi connectivity index (χ0n) is 15.4. The second-order valence-electron chi connectivity index (χ2n) is 7.53. The van der Waals surface area contributed by atoms with Crippen molar-refractivity contribution in [2.24, 2.45) is 5.92 Å². The molecule has 2 atom stereocenters. The fourth-order valence-corrected chi connectivity index (χ4v) is 4.74. The van der Waals surface area contributed by atoms with Crippen LogP contribution in [0.15, 0.2) is 48.7 Å². The standard InChI is InChI=1S/C21H27N3O2/c1-26-13-12-23-14-18-15-24(20(25)19-8-5-10-22-19)11-9-21(18,16-23)17-6-3-2-4-7-17/h2-8,10,18,22H,9,11-16H2,1H3/t18-,21-/m0/s1. The molecule has 4 rings (SSSR count). The maximum absolute atomic E-state index is 12.8. The van der Waals surface area contributed by atoms with E-state index in [1.54, 1.807) is 7.11 Å². The molecule has 26 heavy (non-hydrogen) atoms. The summed E-state index contributed by atoms with van der Waals surface area (Å²) in [4.78, 5) is 20.4. The molecule has 0 unspecified atom stereocenters. The molecule has 138 valence electrons. The second kappa shape index (κ2) is 7.25. The molecular formula is C21H27N3O2. The maximum Gasteiger partial charge on any atom is 0.270 e. The lowest BCUT2D eigenvalue weighted by atomic mass is 9.68. The third kappa shape index (κ3) is 3.06. The molecule has 2 saturated heterocycles. The van der Waals surface area contributed by atoms with Crippen molar-refractivity contribution in [3.63, 3.8) is 0 Å². The highest BCUT2D eigenvalue weighted by Crippen LogP contribution is 2.45. The number of ether oxygens (including phenoxy) is 1. The zero-order valence-corrected chi connectivity index (χ0v) is 15.4. The maximum atomic E-state index is 12.8. The summed E-state index contributed by atoms with van der Waals surface area (Å²) in [5.41, 5.74) is 2.24. The Morgan fingerprint density at radius 1 is 1.23 bits per heavy atom. The lowest BCUT2D eigenvalue weighted by molar-refractivity contribution is 0.0597. The second-order valence-corrected chi connectivity index (χ2v) is 7.53. The van der Waals surface area contributed by atoms with Crippen molar-refractivity contribution in [2.45, 2.75) is 11.8 Å². The monoisotopic (exact) mass is 353 g/mol. The summed E-state index contributed by atoms with van der Waals surface area (Å²) in [6.07, 6.45) is 2.82. The number of rotatable bonds is 5. The topological polar surface area (TPSA) is 48.6 Å². The molecule has 0 saturated carbocycles. The molecule has 1 aromatic carbocycles. The number of carbonyl (C=O) groups excluding carboxylic acids is 1. The Morgan fingerprint density at radius 2 is 2.08 bits per heavy atom. The van der Waals surface area contributed by atoms with E-state index in [0.29, 0.717) is 11.6 Å². The van der Waals surface area contributed by atoms with Gasteiger partial charge in [0, 0.05) is 57.4 Å². The van der Waals surface area contributed by atoms with Crippen LogP contribution in [0.3, 0.4) is 0 Å². The Balaban J connectivity index is 1.57. The van der Waals surface area contributed by atoms with Gasteiger partial charge in [-0.05, 0) is 24.1 Å². The van der Waals surface area contributed by atoms with Crippen LogP contribution < -0.4 is 0 Å². The number of nitrogens with zero attached hydrogens (tertiary/aromatic N) is 2. The first-order valence-electron chi connectivity index (χ1n) is 9.42. The average Bonchev–Trinajstić information content (AvgIpc) is 3.34. The van der Waals surface area contributed by atoms with E-state index in [4.69, 9.17) is 4.74 Å². The van der Waals surface area contributed by atoms with Crippen LogP contribution in [-0.2, 0) is 10.2 Å². The molecule has 2 aromatic rings. The summed E-state index contributed by atoms with van der Waals surface area (Å²) >= 11 is 0. The number of benzene rings is 1. The molecule has 5 heteroatoms. The summed E-state index contributed by atoms with van der Waals surface area (Å²) in [6.45, 7) is 5.40. The van der Waals surface area contributed by atoms with Gasteiger partial charge in [0.2, 0.25) is 0 Å². The number of methoxy groups -OCH3 is 1. The lowest BCUT2D eigenvalue weighted by Gasteiger charge is -2.44. The Hall–Kier alpha value is -2.11. The summed E-state index contributed by atoms with van der Waals surface area (Å²) in [7, 11) is 1.76. The lowest BCUT2D eigenvalue weighted by Crippen LogP contribution is -2.51. The molecule has 3 heterocycles. The molecule has 0 spiro atoms. The normalized spacial score (nSPS) is 26.0. The van der Waals surface area contributed by atoms with Crippen molar-refractivity contribution >= 4 is 5.91 Å². The van der Waals surface area contributed by atoms with E-state index in [9.17, 15) is 4.79 Å². The highest BCUT2D eigenvalue weighted by Gasteiger charge is 2.50. The number of carbonyl (C=O) groups is 1. The Kier molecular flexibility index (Phi) is 4.83. The molecular weight excluding hydrogens is 326 g/mol. The van der Waals surface area contributed by atoms with Gasteiger partial charge < -0.3 is 14.6 Å². The van der Waals surface area contributed by atoms with Crippen LogP contribution in [0.5, 0.6) is 0 Å². The van der Waals surface area contributed by atoms with Crippen LogP contribution in [0.2, 0.25) is 0 Å².